The maximum atomic E-state index is 6.02. The molecule has 0 bridgehead atoms. The van der Waals surface area contributed by atoms with Crippen molar-refractivity contribution in [2.45, 2.75) is 26.3 Å². The Hall–Kier alpha value is -1.51. The second-order valence-corrected chi connectivity index (χ2v) is 5.27. The third-order valence-electron chi connectivity index (χ3n) is 3.40. The van der Waals surface area contributed by atoms with Gasteiger partial charge in [0.05, 0.1) is 0 Å². The van der Waals surface area contributed by atoms with E-state index in [1.807, 2.05) is 44.3 Å². The van der Waals surface area contributed by atoms with Gasteiger partial charge in [0.1, 0.15) is 11.5 Å². The van der Waals surface area contributed by atoms with Crippen LogP contribution in [0.5, 0.6) is 11.5 Å². The molecular weight excluding hydrogens is 270 g/mol. The van der Waals surface area contributed by atoms with Gasteiger partial charge in [0.15, 0.2) is 0 Å². The van der Waals surface area contributed by atoms with Crippen molar-refractivity contribution in [2.75, 3.05) is 7.05 Å². The molecule has 2 aromatic rings. The maximum Gasteiger partial charge on any atom is 0.131 e. The third-order valence-corrected chi connectivity index (χ3v) is 3.63. The van der Waals surface area contributed by atoms with Gasteiger partial charge in [-0.05, 0) is 55.8 Å². The largest absolute Gasteiger partial charge is 0.457 e. The molecule has 0 aliphatic rings. The van der Waals surface area contributed by atoms with Gasteiger partial charge in [-0.25, -0.2) is 0 Å². The van der Waals surface area contributed by atoms with E-state index in [9.17, 15) is 0 Å². The highest BCUT2D eigenvalue weighted by Gasteiger charge is 2.08. The summed E-state index contributed by atoms with van der Waals surface area (Å²) in [5, 5.41) is 3.99. The van der Waals surface area contributed by atoms with Crippen molar-refractivity contribution in [3.05, 3.63) is 58.6 Å². The summed E-state index contributed by atoms with van der Waals surface area (Å²) < 4.78 is 5.96. The number of ether oxygens (including phenoxy) is 1. The first kappa shape index (κ1) is 14.9. The molecule has 2 aromatic carbocycles. The minimum absolute atomic E-state index is 0.346. The van der Waals surface area contributed by atoms with E-state index in [1.165, 1.54) is 5.56 Å². The molecule has 0 saturated carbocycles. The SMILES string of the molecule is CCC(NC)c1cccc(Oc2cc(Cl)ccc2C)c1. The minimum Gasteiger partial charge on any atom is -0.457 e. The van der Waals surface area contributed by atoms with E-state index < -0.39 is 0 Å². The fraction of sp³-hybridized carbons (Fsp3) is 0.294. The quantitative estimate of drug-likeness (QED) is 0.826. The Labute approximate surface area is 125 Å². The van der Waals surface area contributed by atoms with Crippen LogP contribution >= 0.6 is 11.6 Å². The van der Waals surface area contributed by atoms with Crippen LogP contribution in [0, 0.1) is 6.92 Å². The molecule has 0 fully saturated rings. The van der Waals surface area contributed by atoms with Crippen LogP contribution in [0.15, 0.2) is 42.5 Å². The molecule has 2 nitrogen and oxygen atoms in total. The summed E-state index contributed by atoms with van der Waals surface area (Å²) in [6, 6.07) is 14.2. The zero-order valence-electron chi connectivity index (χ0n) is 12.1. The summed E-state index contributed by atoms with van der Waals surface area (Å²) in [5.41, 5.74) is 2.30. The fourth-order valence-electron chi connectivity index (χ4n) is 2.21. The van der Waals surface area contributed by atoms with Crippen molar-refractivity contribution in [3.63, 3.8) is 0 Å². The van der Waals surface area contributed by atoms with E-state index in [-0.39, 0.29) is 0 Å². The van der Waals surface area contributed by atoms with Crippen molar-refractivity contribution in [3.8, 4) is 11.5 Å². The molecule has 20 heavy (non-hydrogen) atoms. The van der Waals surface area contributed by atoms with Crippen LogP contribution in [0.25, 0.3) is 0 Å². The van der Waals surface area contributed by atoms with Crippen LogP contribution < -0.4 is 10.1 Å². The monoisotopic (exact) mass is 289 g/mol. The highest BCUT2D eigenvalue weighted by molar-refractivity contribution is 6.30. The number of benzene rings is 2. The first-order valence-electron chi connectivity index (χ1n) is 6.85. The van der Waals surface area contributed by atoms with Crippen LogP contribution in [-0.4, -0.2) is 7.05 Å². The predicted octanol–water partition coefficient (Wildman–Crippen LogP) is 5.11. The fourth-order valence-corrected chi connectivity index (χ4v) is 2.37. The van der Waals surface area contributed by atoms with Crippen LogP contribution in [0.1, 0.15) is 30.5 Å². The molecule has 0 radical (unpaired) electrons. The van der Waals surface area contributed by atoms with Gasteiger partial charge >= 0.3 is 0 Å². The van der Waals surface area contributed by atoms with E-state index in [4.69, 9.17) is 16.3 Å². The van der Waals surface area contributed by atoms with Crippen molar-refractivity contribution in [2.24, 2.45) is 0 Å². The van der Waals surface area contributed by atoms with Gasteiger partial charge in [0, 0.05) is 11.1 Å². The van der Waals surface area contributed by atoms with Crippen LogP contribution in [0.2, 0.25) is 5.02 Å². The van der Waals surface area contributed by atoms with Gasteiger partial charge in [0.2, 0.25) is 0 Å². The molecule has 0 spiro atoms. The normalized spacial score (nSPS) is 12.2. The van der Waals surface area contributed by atoms with Crippen molar-refractivity contribution in [1.29, 1.82) is 0 Å². The van der Waals surface area contributed by atoms with Gasteiger partial charge < -0.3 is 10.1 Å². The van der Waals surface area contributed by atoms with Gasteiger partial charge in [0.25, 0.3) is 0 Å². The highest BCUT2D eigenvalue weighted by Crippen LogP contribution is 2.29. The number of aryl methyl sites for hydroxylation is 1. The second-order valence-electron chi connectivity index (χ2n) is 4.83. The predicted molar refractivity (Wildman–Crippen MR) is 84.8 cm³/mol. The maximum absolute atomic E-state index is 6.02. The number of hydrogen-bond donors (Lipinski definition) is 1. The van der Waals surface area contributed by atoms with Gasteiger partial charge in [-0.3, -0.25) is 0 Å². The molecule has 3 heteroatoms. The standard InChI is InChI=1S/C17H20ClNO/c1-4-16(19-3)13-6-5-7-15(10-13)20-17-11-14(18)9-8-12(17)2/h5-11,16,19H,4H2,1-3H3. The average Bonchev–Trinajstić information content (AvgIpc) is 2.45. The lowest BCUT2D eigenvalue weighted by molar-refractivity contribution is 0.475. The summed E-state index contributed by atoms with van der Waals surface area (Å²) in [6.07, 6.45) is 1.04. The molecule has 0 aromatic heterocycles. The Morgan fingerprint density at radius 1 is 1.20 bits per heavy atom. The Balaban J connectivity index is 2.25. The molecular formula is C17H20ClNO. The summed E-state index contributed by atoms with van der Waals surface area (Å²) in [5.74, 6) is 1.63. The Morgan fingerprint density at radius 2 is 2.00 bits per heavy atom. The Bertz CT molecular complexity index is 579. The number of rotatable bonds is 5. The summed E-state index contributed by atoms with van der Waals surface area (Å²) in [4.78, 5) is 0. The molecule has 106 valence electrons. The van der Waals surface area contributed by atoms with E-state index in [0.717, 1.165) is 23.5 Å². The number of hydrogen-bond acceptors (Lipinski definition) is 2. The molecule has 1 unspecified atom stereocenters. The lowest BCUT2D eigenvalue weighted by atomic mass is 10.0. The van der Waals surface area contributed by atoms with Crippen LogP contribution in [-0.2, 0) is 0 Å². The van der Waals surface area contributed by atoms with Crippen LogP contribution in [0.4, 0.5) is 0 Å². The van der Waals surface area contributed by atoms with Crippen molar-refractivity contribution in [1.82, 2.24) is 5.32 Å². The topological polar surface area (TPSA) is 21.3 Å². The zero-order chi connectivity index (χ0) is 14.5. The number of nitrogens with one attached hydrogen (secondary N) is 1. The minimum atomic E-state index is 0.346. The molecule has 0 aliphatic carbocycles. The van der Waals surface area contributed by atoms with E-state index >= 15 is 0 Å². The Morgan fingerprint density at radius 3 is 2.70 bits per heavy atom. The first-order valence-corrected chi connectivity index (χ1v) is 7.23. The molecule has 0 aliphatic heterocycles. The summed E-state index contributed by atoms with van der Waals surface area (Å²) in [6.45, 7) is 4.17. The smallest absolute Gasteiger partial charge is 0.131 e. The summed E-state index contributed by atoms with van der Waals surface area (Å²) >= 11 is 6.02. The third kappa shape index (κ3) is 3.53. The highest BCUT2D eigenvalue weighted by atomic mass is 35.5. The first-order chi connectivity index (χ1) is 9.63. The second kappa shape index (κ2) is 6.78. The van der Waals surface area contributed by atoms with Gasteiger partial charge in [-0.15, -0.1) is 0 Å². The molecule has 0 heterocycles. The van der Waals surface area contributed by atoms with E-state index in [2.05, 4.69) is 24.4 Å². The van der Waals surface area contributed by atoms with Crippen molar-refractivity contribution >= 4 is 11.6 Å². The van der Waals surface area contributed by atoms with Crippen LogP contribution in [0.3, 0.4) is 0 Å². The van der Waals surface area contributed by atoms with Gasteiger partial charge in [-0.1, -0.05) is 36.7 Å². The lowest BCUT2D eigenvalue weighted by Gasteiger charge is -2.16. The van der Waals surface area contributed by atoms with Crippen molar-refractivity contribution < 1.29 is 4.74 Å². The summed E-state index contributed by atoms with van der Waals surface area (Å²) in [7, 11) is 1.98. The molecule has 0 saturated heterocycles. The zero-order valence-corrected chi connectivity index (χ0v) is 12.9. The Kier molecular flexibility index (Phi) is 5.05. The molecule has 2 rings (SSSR count). The molecule has 0 amide bonds. The van der Waals surface area contributed by atoms with E-state index in [0.29, 0.717) is 11.1 Å². The molecule has 1 atom stereocenters. The van der Waals surface area contributed by atoms with Gasteiger partial charge in [-0.2, -0.15) is 0 Å². The average molecular weight is 290 g/mol. The van der Waals surface area contributed by atoms with E-state index in [1.54, 1.807) is 0 Å². The number of halogens is 1. The molecule has 1 N–H and O–H groups in total. The lowest BCUT2D eigenvalue weighted by Crippen LogP contribution is -2.14.